The molecule has 0 saturated carbocycles. The minimum absolute atomic E-state index is 0.0870. The zero-order chi connectivity index (χ0) is 25.8. The van der Waals surface area contributed by atoms with Gasteiger partial charge in [-0.2, -0.15) is 0 Å². The fourth-order valence-corrected chi connectivity index (χ4v) is 3.18. The van der Waals surface area contributed by atoms with Crippen LogP contribution in [0.2, 0.25) is 0 Å². The van der Waals surface area contributed by atoms with Crippen LogP contribution in [-0.4, -0.2) is 29.3 Å². The predicted molar refractivity (Wildman–Crippen MR) is 133 cm³/mol. The number of esters is 1. The van der Waals surface area contributed by atoms with Crippen LogP contribution in [0.5, 0.6) is 0 Å². The molecule has 0 spiro atoms. The van der Waals surface area contributed by atoms with Crippen molar-refractivity contribution >= 4 is 29.5 Å². The monoisotopic (exact) mass is 487 g/mol. The first kappa shape index (κ1) is 25.8. The minimum atomic E-state index is -0.594. The molecule has 9 heteroatoms. The molecule has 3 aromatic carbocycles. The first-order valence-corrected chi connectivity index (χ1v) is 11.2. The molecule has 2 N–H and O–H groups in total. The van der Waals surface area contributed by atoms with E-state index in [0.29, 0.717) is 17.5 Å². The van der Waals surface area contributed by atoms with Crippen molar-refractivity contribution in [2.75, 3.05) is 6.54 Å². The van der Waals surface area contributed by atoms with E-state index in [4.69, 9.17) is 4.74 Å². The zero-order valence-corrected chi connectivity index (χ0v) is 19.4. The van der Waals surface area contributed by atoms with Crippen molar-refractivity contribution in [2.24, 2.45) is 0 Å². The molecule has 0 aliphatic carbocycles. The Morgan fingerprint density at radius 1 is 0.917 bits per heavy atom. The molecule has 0 aliphatic heterocycles. The Bertz CT molecular complexity index is 1240. The molecular weight excluding hydrogens is 462 g/mol. The van der Waals surface area contributed by atoms with Gasteiger partial charge in [-0.1, -0.05) is 60.7 Å². The van der Waals surface area contributed by atoms with E-state index in [-0.39, 0.29) is 31.0 Å². The van der Waals surface area contributed by atoms with Gasteiger partial charge in [0.15, 0.2) is 0 Å². The van der Waals surface area contributed by atoms with E-state index in [1.54, 1.807) is 36.4 Å². The van der Waals surface area contributed by atoms with E-state index in [9.17, 15) is 24.5 Å². The lowest BCUT2D eigenvalue weighted by atomic mass is 10.1. The maximum absolute atomic E-state index is 12.8. The average Bonchev–Trinajstić information content (AvgIpc) is 2.90. The van der Waals surface area contributed by atoms with Gasteiger partial charge in [-0.3, -0.25) is 24.5 Å². The van der Waals surface area contributed by atoms with Crippen LogP contribution in [0.25, 0.3) is 6.08 Å². The number of hydrogen-bond donors (Lipinski definition) is 2. The molecule has 2 amide bonds. The summed E-state index contributed by atoms with van der Waals surface area (Å²) in [4.78, 5) is 48.0. The lowest BCUT2D eigenvalue weighted by molar-refractivity contribution is -0.384. The van der Waals surface area contributed by atoms with Crippen molar-refractivity contribution in [3.63, 3.8) is 0 Å². The number of amides is 2. The molecule has 36 heavy (non-hydrogen) atoms. The van der Waals surface area contributed by atoms with Crippen molar-refractivity contribution in [1.29, 1.82) is 0 Å². The van der Waals surface area contributed by atoms with E-state index < -0.39 is 22.7 Å². The Labute approximate surface area is 207 Å². The van der Waals surface area contributed by atoms with Gasteiger partial charge in [0.25, 0.3) is 17.5 Å². The number of nitrogens with one attached hydrogen (secondary N) is 2. The first-order chi connectivity index (χ1) is 17.4. The Kier molecular flexibility index (Phi) is 9.46. The Hall–Kier alpha value is -4.79. The van der Waals surface area contributed by atoms with Crippen molar-refractivity contribution in [1.82, 2.24) is 10.6 Å². The fraction of sp³-hybridized carbons (Fsp3) is 0.148. The van der Waals surface area contributed by atoms with Crippen LogP contribution >= 0.6 is 0 Å². The Morgan fingerprint density at radius 3 is 2.31 bits per heavy atom. The summed E-state index contributed by atoms with van der Waals surface area (Å²) < 4.78 is 5.22. The summed E-state index contributed by atoms with van der Waals surface area (Å²) in [6.07, 6.45) is 1.79. The van der Waals surface area contributed by atoms with Gasteiger partial charge in [-0.05, 0) is 35.8 Å². The largest absolute Gasteiger partial charge is 0.461 e. The van der Waals surface area contributed by atoms with Crippen LogP contribution in [0, 0.1) is 10.1 Å². The van der Waals surface area contributed by atoms with Gasteiger partial charge in [0.05, 0.1) is 4.92 Å². The van der Waals surface area contributed by atoms with Gasteiger partial charge in [0, 0.05) is 30.7 Å². The van der Waals surface area contributed by atoms with Crippen molar-refractivity contribution in [2.45, 2.75) is 19.4 Å². The zero-order valence-electron chi connectivity index (χ0n) is 19.4. The van der Waals surface area contributed by atoms with Crippen LogP contribution in [0.4, 0.5) is 5.69 Å². The van der Waals surface area contributed by atoms with Crippen LogP contribution in [0.3, 0.4) is 0 Å². The van der Waals surface area contributed by atoms with Crippen LogP contribution in [0.1, 0.15) is 34.3 Å². The number of carbonyl (C=O) groups is 3. The molecule has 0 heterocycles. The third-order valence-corrected chi connectivity index (χ3v) is 5.01. The standard InChI is InChI=1S/C27H25N3O6/c31-25(36-19-20-9-3-1-4-10-20)15-8-16-28-27(33)24(29-26(32)22-12-5-2-6-13-22)18-21-11-7-14-23(17-21)30(34)35/h1-7,9-14,17-18H,8,15-16,19H2,(H,28,33)(H,29,32). The van der Waals surface area contributed by atoms with Crippen LogP contribution < -0.4 is 10.6 Å². The summed E-state index contributed by atoms with van der Waals surface area (Å²) in [6.45, 7) is 0.334. The molecule has 0 unspecified atom stereocenters. The molecule has 184 valence electrons. The SMILES string of the molecule is O=C(CCCNC(=O)C(=Cc1cccc([N+](=O)[O-])c1)NC(=O)c1ccccc1)OCc1ccccc1. The fourth-order valence-electron chi connectivity index (χ4n) is 3.18. The van der Waals surface area contributed by atoms with E-state index in [2.05, 4.69) is 10.6 Å². The molecule has 0 saturated heterocycles. The number of nitro groups is 1. The van der Waals surface area contributed by atoms with Crippen molar-refractivity contribution in [3.8, 4) is 0 Å². The number of rotatable bonds is 11. The number of benzene rings is 3. The molecule has 0 aromatic heterocycles. The lowest BCUT2D eigenvalue weighted by Gasteiger charge is -2.11. The molecule has 3 aromatic rings. The van der Waals surface area contributed by atoms with Gasteiger partial charge in [-0.25, -0.2) is 0 Å². The number of nitro benzene ring substituents is 1. The molecule has 0 aliphatic rings. The maximum atomic E-state index is 12.8. The molecule has 0 bridgehead atoms. The van der Waals surface area contributed by atoms with Crippen molar-refractivity contribution < 1.29 is 24.0 Å². The number of nitrogens with zero attached hydrogens (tertiary/aromatic N) is 1. The number of hydrogen-bond acceptors (Lipinski definition) is 6. The Morgan fingerprint density at radius 2 is 1.61 bits per heavy atom. The summed E-state index contributed by atoms with van der Waals surface area (Å²) in [5.41, 5.74) is 1.36. The van der Waals surface area contributed by atoms with Gasteiger partial charge < -0.3 is 15.4 Å². The van der Waals surface area contributed by atoms with E-state index in [0.717, 1.165) is 5.56 Å². The van der Waals surface area contributed by atoms with Gasteiger partial charge in [0.1, 0.15) is 12.3 Å². The first-order valence-electron chi connectivity index (χ1n) is 11.2. The second kappa shape index (κ2) is 13.2. The van der Waals surface area contributed by atoms with E-state index in [1.807, 2.05) is 30.3 Å². The topological polar surface area (TPSA) is 128 Å². The molecule has 0 atom stereocenters. The molecule has 0 radical (unpaired) electrons. The summed E-state index contributed by atoms with van der Waals surface area (Å²) >= 11 is 0. The second-order valence-corrected chi connectivity index (χ2v) is 7.74. The van der Waals surface area contributed by atoms with Crippen molar-refractivity contribution in [3.05, 3.63) is 117 Å². The quantitative estimate of drug-likeness (QED) is 0.138. The Balaban J connectivity index is 1.60. The lowest BCUT2D eigenvalue weighted by Crippen LogP contribution is -2.35. The third-order valence-electron chi connectivity index (χ3n) is 5.01. The highest BCUT2D eigenvalue weighted by atomic mass is 16.6. The van der Waals surface area contributed by atoms with Gasteiger partial charge >= 0.3 is 5.97 Å². The van der Waals surface area contributed by atoms with E-state index in [1.165, 1.54) is 24.3 Å². The summed E-state index contributed by atoms with van der Waals surface area (Å²) in [6, 6.07) is 23.3. The maximum Gasteiger partial charge on any atom is 0.306 e. The molecule has 3 rings (SSSR count). The second-order valence-electron chi connectivity index (χ2n) is 7.74. The highest BCUT2D eigenvalue weighted by Gasteiger charge is 2.15. The normalized spacial score (nSPS) is 10.8. The van der Waals surface area contributed by atoms with Gasteiger partial charge in [0.2, 0.25) is 0 Å². The summed E-state index contributed by atoms with van der Waals surface area (Å²) in [7, 11) is 0. The summed E-state index contributed by atoms with van der Waals surface area (Å²) in [5.74, 6) is -1.49. The van der Waals surface area contributed by atoms with Crippen LogP contribution in [-0.2, 0) is 20.9 Å². The number of carbonyl (C=O) groups excluding carboxylic acids is 3. The summed E-state index contributed by atoms with van der Waals surface area (Å²) in [5, 5.41) is 16.3. The number of non-ortho nitro benzene ring substituents is 1. The highest BCUT2D eigenvalue weighted by molar-refractivity contribution is 6.05. The smallest absolute Gasteiger partial charge is 0.306 e. The molecule has 9 nitrogen and oxygen atoms in total. The van der Waals surface area contributed by atoms with E-state index >= 15 is 0 Å². The molecule has 0 fully saturated rings. The predicted octanol–water partition coefficient (Wildman–Crippen LogP) is 4.01. The minimum Gasteiger partial charge on any atom is -0.461 e. The highest BCUT2D eigenvalue weighted by Crippen LogP contribution is 2.15. The van der Waals surface area contributed by atoms with Gasteiger partial charge in [-0.15, -0.1) is 0 Å². The molecular formula is C27H25N3O6. The number of ether oxygens (including phenoxy) is 1. The third kappa shape index (κ3) is 8.21. The average molecular weight is 488 g/mol. The van der Waals surface area contributed by atoms with Crippen LogP contribution in [0.15, 0.2) is 90.6 Å².